The van der Waals surface area contributed by atoms with Crippen LogP contribution in [0.5, 0.6) is 11.5 Å². The summed E-state index contributed by atoms with van der Waals surface area (Å²) >= 11 is 0. The van der Waals surface area contributed by atoms with Crippen molar-refractivity contribution >= 4 is 11.0 Å². The van der Waals surface area contributed by atoms with E-state index in [1.54, 1.807) is 0 Å². The summed E-state index contributed by atoms with van der Waals surface area (Å²) in [7, 11) is 0. The summed E-state index contributed by atoms with van der Waals surface area (Å²) in [6.45, 7) is 3.92. The normalized spacial score (nSPS) is 13.5. The minimum atomic E-state index is 0. The van der Waals surface area contributed by atoms with E-state index in [1.165, 1.54) is 16.6 Å². The van der Waals surface area contributed by atoms with Gasteiger partial charge in [0.15, 0.2) is 0 Å². The Morgan fingerprint density at radius 1 is 0.818 bits per heavy atom. The summed E-state index contributed by atoms with van der Waals surface area (Å²) in [6.07, 6.45) is 4.05. The predicted molar refractivity (Wildman–Crippen MR) is 123 cm³/mol. The first-order valence-corrected chi connectivity index (χ1v) is 11.0. The van der Waals surface area contributed by atoms with Gasteiger partial charge in [-0.05, 0) is 31.9 Å². The molecule has 0 N–H and O–H groups in total. The number of rotatable bonds is 2. The van der Waals surface area contributed by atoms with E-state index in [1.807, 2.05) is 25.1 Å². The van der Waals surface area contributed by atoms with Crippen LogP contribution in [0.25, 0.3) is 33.8 Å². The quantitative estimate of drug-likeness (QED) is 0.252. The van der Waals surface area contributed by atoms with Crippen molar-refractivity contribution in [2.45, 2.75) is 32.9 Å². The van der Waals surface area contributed by atoms with Crippen molar-refractivity contribution in [3.05, 3.63) is 83.7 Å². The number of hydrogen-bond acceptors (Lipinski definition) is 3. The van der Waals surface area contributed by atoms with Crippen LogP contribution in [0.4, 0.5) is 0 Å². The molecule has 0 bridgehead atoms. The molecule has 164 valence electrons. The number of imidazole rings is 2. The molecule has 6 heteroatoms. The third kappa shape index (κ3) is 3.26. The molecule has 0 atom stereocenters. The molecule has 0 unspecified atom stereocenters. The Morgan fingerprint density at radius 3 is 2.30 bits per heavy atom. The van der Waals surface area contributed by atoms with Crippen LogP contribution in [0.1, 0.15) is 16.8 Å². The van der Waals surface area contributed by atoms with E-state index in [-0.39, 0.29) is 21.1 Å². The Kier molecular flexibility index (Phi) is 4.77. The van der Waals surface area contributed by atoms with E-state index in [4.69, 9.17) is 14.7 Å². The first kappa shape index (κ1) is 20.4. The van der Waals surface area contributed by atoms with Crippen LogP contribution in [-0.4, -0.2) is 19.1 Å². The zero-order valence-corrected chi connectivity index (χ0v) is 20.3. The summed E-state index contributed by atoms with van der Waals surface area (Å²) < 4.78 is 10.7. The molecule has 0 aliphatic carbocycles. The number of fused-ring (bicyclic) bond motifs is 8. The molecule has 2 aromatic heterocycles. The third-order valence-corrected chi connectivity index (χ3v) is 6.46. The van der Waals surface area contributed by atoms with Crippen LogP contribution in [-0.2, 0) is 47.0 Å². The number of benzene rings is 3. The van der Waals surface area contributed by atoms with Crippen LogP contribution in [0.2, 0.25) is 0 Å². The Hall–Kier alpha value is -3.17. The number of hydrogen-bond donors (Lipinski definition) is 0. The summed E-state index contributed by atoms with van der Waals surface area (Å²) in [5.74, 6) is 3.29. The zero-order chi connectivity index (χ0) is 21.2. The fraction of sp³-hybridized carbons (Fsp3) is 0.185. The smallest absolute Gasteiger partial charge is 0.497 e. The van der Waals surface area contributed by atoms with Gasteiger partial charge in [0.1, 0.15) is 0 Å². The minimum Gasteiger partial charge on any atom is -0.497 e. The van der Waals surface area contributed by atoms with Gasteiger partial charge in [-0.1, -0.05) is 24.3 Å². The van der Waals surface area contributed by atoms with Crippen LogP contribution >= 0.6 is 0 Å². The monoisotopic (exact) mass is 611 g/mol. The van der Waals surface area contributed by atoms with Gasteiger partial charge in [-0.25, -0.2) is 0 Å². The number of ether oxygens (including phenoxy) is 1. The molecular weight excluding hydrogens is 591 g/mol. The van der Waals surface area contributed by atoms with Gasteiger partial charge in [0.2, 0.25) is 0 Å². The van der Waals surface area contributed by atoms with E-state index in [0.29, 0.717) is 11.5 Å². The molecule has 2 aliphatic rings. The Morgan fingerprint density at radius 2 is 1.52 bits per heavy atom. The zero-order valence-electron chi connectivity index (χ0n) is 18.0. The standard InChI is InChI=1S/C27H20N4O.Pt/c1-17-16-30-12-10-18-6-8-20(14-22(18)26(30)28-17)32-21-9-7-19-11-13-31-25-5-3-2-4-24(25)29-27(31)23(19)15-21;/h2-9,16H,10-13H2,1H3;/q-2;+2. The van der Waals surface area contributed by atoms with Crippen LogP contribution in [0.3, 0.4) is 0 Å². The maximum atomic E-state index is 6.24. The Labute approximate surface area is 206 Å². The molecule has 0 amide bonds. The summed E-state index contributed by atoms with van der Waals surface area (Å²) in [5, 5.41) is 0. The van der Waals surface area contributed by atoms with E-state index >= 15 is 0 Å². The number of aromatic nitrogens is 4. The van der Waals surface area contributed by atoms with Crippen molar-refractivity contribution in [2.75, 3.05) is 0 Å². The largest absolute Gasteiger partial charge is 2.00 e. The summed E-state index contributed by atoms with van der Waals surface area (Å²) in [4.78, 5) is 9.59. The topological polar surface area (TPSA) is 44.9 Å². The van der Waals surface area contributed by atoms with Gasteiger partial charge in [0.05, 0.1) is 22.7 Å². The van der Waals surface area contributed by atoms with Crippen molar-refractivity contribution in [3.8, 4) is 34.3 Å². The first-order chi connectivity index (χ1) is 15.7. The number of nitrogens with zero attached hydrogens (tertiary/aromatic N) is 4. The van der Waals surface area contributed by atoms with Gasteiger partial charge in [-0.3, -0.25) is 9.97 Å². The molecule has 2 aliphatic heterocycles. The van der Waals surface area contributed by atoms with E-state index < -0.39 is 0 Å². The van der Waals surface area contributed by atoms with Gasteiger partial charge in [0, 0.05) is 36.5 Å². The molecule has 0 fully saturated rings. The second-order valence-corrected chi connectivity index (χ2v) is 8.52. The molecule has 0 radical (unpaired) electrons. The fourth-order valence-electron chi connectivity index (χ4n) is 4.95. The van der Waals surface area contributed by atoms with Gasteiger partial charge in [-0.15, -0.1) is 46.5 Å². The maximum Gasteiger partial charge on any atom is 2.00 e. The maximum absolute atomic E-state index is 6.24. The van der Waals surface area contributed by atoms with Crippen molar-refractivity contribution in [1.82, 2.24) is 19.1 Å². The second-order valence-electron chi connectivity index (χ2n) is 8.52. The van der Waals surface area contributed by atoms with E-state index in [9.17, 15) is 0 Å². The third-order valence-electron chi connectivity index (χ3n) is 6.46. The minimum absolute atomic E-state index is 0. The molecule has 0 saturated carbocycles. The number of aryl methyl sites for hydroxylation is 5. The Balaban J connectivity index is 0.00000206. The molecule has 5 aromatic rings. The molecule has 0 spiro atoms. The average molecular weight is 612 g/mol. The van der Waals surface area contributed by atoms with Crippen LogP contribution in [0.15, 0.2) is 54.7 Å². The molecule has 4 heterocycles. The predicted octanol–water partition coefficient (Wildman–Crippen LogP) is 5.38. The fourth-order valence-corrected chi connectivity index (χ4v) is 4.95. The van der Waals surface area contributed by atoms with Gasteiger partial charge >= 0.3 is 21.1 Å². The van der Waals surface area contributed by atoms with E-state index in [2.05, 4.69) is 57.8 Å². The number of para-hydroxylation sites is 2. The molecule has 33 heavy (non-hydrogen) atoms. The van der Waals surface area contributed by atoms with Crippen molar-refractivity contribution in [3.63, 3.8) is 0 Å². The van der Waals surface area contributed by atoms with Gasteiger partial charge < -0.3 is 13.9 Å². The Bertz CT molecular complexity index is 1530. The summed E-state index contributed by atoms with van der Waals surface area (Å²) in [6, 6.07) is 23.5. The van der Waals surface area contributed by atoms with Crippen LogP contribution < -0.4 is 4.74 Å². The summed E-state index contributed by atoms with van der Waals surface area (Å²) in [5.41, 5.74) is 7.78. The molecule has 5 nitrogen and oxygen atoms in total. The van der Waals surface area contributed by atoms with Gasteiger partial charge in [-0.2, -0.15) is 0 Å². The van der Waals surface area contributed by atoms with Crippen LogP contribution in [0, 0.1) is 19.1 Å². The first-order valence-electron chi connectivity index (χ1n) is 11.0. The van der Waals surface area contributed by atoms with Crippen molar-refractivity contribution in [1.29, 1.82) is 0 Å². The molecule has 0 saturated heterocycles. The molecule has 7 rings (SSSR count). The van der Waals surface area contributed by atoms with Crippen molar-refractivity contribution in [2.24, 2.45) is 0 Å². The van der Waals surface area contributed by atoms with Gasteiger partial charge in [0.25, 0.3) is 0 Å². The SMILES string of the molecule is Cc1cn2c(n1)-c1[c-]c(Oc3[c-]c4c(cc3)CCn3c-4nc4ccccc43)ccc1CC2.[Pt+2]. The average Bonchev–Trinajstić information content (AvgIpc) is 3.39. The van der Waals surface area contributed by atoms with Crippen molar-refractivity contribution < 1.29 is 25.8 Å². The second kappa shape index (κ2) is 7.70. The molecule has 3 aromatic carbocycles. The molecular formula is C27H20N4OPt. The van der Waals surface area contributed by atoms with E-state index in [0.717, 1.165) is 59.9 Å².